The lowest BCUT2D eigenvalue weighted by Gasteiger charge is -2.33. The number of ether oxygens (including phenoxy) is 1. The molecule has 0 amide bonds. The normalized spacial score (nSPS) is 19.9. The second-order valence-electron chi connectivity index (χ2n) is 6.91. The maximum absolute atomic E-state index is 14.6. The standard InChI is InChI=1S/C20H20ClFN6O/c1-11(12-5-4-6-13(7-12)29-3)26-18-15(22)9-25-20(2,28-18)14-8-23-19-17(14)27-16(21)10-24-19/h4-11,26,28H,1-3H3,(H,23,24)/t11-,20-/m0/s1. The van der Waals surface area contributed by atoms with E-state index >= 15 is 0 Å². The van der Waals surface area contributed by atoms with Crippen molar-refractivity contribution in [2.24, 2.45) is 4.99 Å². The van der Waals surface area contributed by atoms with Gasteiger partial charge < -0.3 is 20.4 Å². The third-order valence-electron chi connectivity index (χ3n) is 4.87. The number of H-pyrrole nitrogens is 1. The number of fused-ring (bicyclic) bond motifs is 1. The number of hydrogen-bond acceptors (Lipinski definition) is 6. The fourth-order valence-corrected chi connectivity index (χ4v) is 3.41. The molecular weight excluding hydrogens is 395 g/mol. The first-order valence-corrected chi connectivity index (χ1v) is 9.41. The van der Waals surface area contributed by atoms with Crippen LogP contribution in [0.5, 0.6) is 5.75 Å². The van der Waals surface area contributed by atoms with E-state index in [4.69, 9.17) is 16.3 Å². The van der Waals surface area contributed by atoms with E-state index in [1.54, 1.807) is 13.3 Å². The van der Waals surface area contributed by atoms with Crippen molar-refractivity contribution in [1.82, 2.24) is 25.6 Å². The van der Waals surface area contributed by atoms with Crippen LogP contribution in [-0.4, -0.2) is 28.3 Å². The van der Waals surface area contributed by atoms with Gasteiger partial charge in [-0.05, 0) is 31.5 Å². The zero-order valence-electron chi connectivity index (χ0n) is 16.1. The summed E-state index contributed by atoms with van der Waals surface area (Å²) in [6.45, 7) is 3.77. The number of nitrogens with zero attached hydrogens (tertiary/aromatic N) is 3. The largest absolute Gasteiger partial charge is 0.497 e. The van der Waals surface area contributed by atoms with E-state index in [-0.39, 0.29) is 17.0 Å². The highest BCUT2D eigenvalue weighted by Crippen LogP contribution is 2.32. The van der Waals surface area contributed by atoms with E-state index in [9.17, 15) is 4.39 Å². The summed E-state index contributed by atoms with van der Waals surface area (Å²) in [6.07, 6.45) is 4.41. The van der Waals surface area contributed by atoms with Crippen molar-refractivity contribution in [3.8, 4) is 5.75 Å². The van der Waals surface area contributed by atoms with Gasteiger partial charge in [-0.1, -0.05) is 23.7 Å². The van der Waals surface area contributed by atoms with E-state index in [0.717, 1.165) is 11.3 Å². The predicted molar refractivity (Wildman–Crippen MR) is 111 cm³/mol. The lowest BCUT2D eigenvalue weighted by molar-refractivity contribution is 0.382. The van der Waals surface area contributed by atoms with Crippen LogP contribution < -0.4 is 15.4 Å². The number of benzene rings is 1. The Labute approximate surface area is 172 Å². The Hall–Kier alpha value is -3.13. The maximum Gasteiger partial charge on any atom is 0.181 e. The molecule has 7 nitrogen and oxygen atoms in total. The van der Waals surface area contributed by atoms with Crippen LogP contribution in [0.1, 0.15) is 31.0 Å². The van der Waals surface area contributed by atoms with Crippen LogP contribution in [0.15, 0.2) is 53.3 Å². The number of methoxy groups -OCH3 is 1. The summed E-state index contributed by atoms with van der Waals surface area (Å²) < 4.78 is 19.8. The second-order valence-corrected chi connectivity index (χ2v) is 7.30. The first kappa shape index (κ1) is 19.2. The molecule has 0 unspecified atom stereocenters. The molecule has 3 aromatic rings. The quantitative estimate of drug-likeness (QED) is 0.588. The number of rotatable bonds is 5. The lowest BCUT2D eigenvalue weighted by Crippen LogP contribution is -2.45. The molecule has 1 aromatic carbocycles. The molecule has 0 spiro atoms. The molecule has 1 aliphatic rings. The number of aliphatic imine (C=N–C) groups is 1. The highest BCUT2D eigenvalue weighted by atomic mass is 35.5. The van der Waals surface area contributed by atoms with Gasteiger partial charge in [0.2, 0.25) is 0 Å². The van der Waals surface area contributed by atoms with Crippen LogP contribution in [0.3, 0.4) is 0 Å². The van der Waals surface area contributed by atoms with E-state index in [1.165, 1.54) is 12.4 Å². The predicted octanol–water partition coefficient (Wildman–Crippen LogP) is 3.96. The number of hydrogen-bond donors (Lipinski definition) is 3. The topological polar surface area (TPSA) is 87.2 Å². The minimum Gasteiger partial charge on any atom is -0.497 e. The monoisotopic (exact) mass is 414 g/mol. The number of aromatic nitrogens is 3. The van der Waals surface area contributed by atoms with Crippen molar-refractivity contribution >= 4 is 29.0 Å². The van der Waals surface area contributed by atoms with Crippen molar-refractivity contribution in [2.45, 2.75) is 25.6 Å². The molecule has 1 aliphatic heterocycles. The molecule has 150 valence electrons. The lowest BCUT2D eigenvalue weighted by atomic mass is 10.0. The van der Waals surface area contributed by atoms with Crippen molar-refractivity contribution in [2.75, 3.05) is 7.11 Å². The van der Waals surface area contributed by atoms with E-state index in [1.807, 2.05) is 38.1 Å². The molecule has 0 fully saturated rings. The highest BCUT2D eigenvalue weighted by Gasteiger charge is 2.34. The van der Waals surface area contributed by atoms with Crippen molar-refractivity contribution in [3.05, 3.63) is 64.6 Å². The molecule has 2 aromatic heterocycles. The van der Waals surface area contributed by atoms with Gasteiger partial charge in [0.05, 0.1) is 25.6 Å². The zero-order chi connectivity index (χ0) is 20.6. The summed E-state index contributed by atoms with van der Waals surface area (Å²) in [5.74, 6) is 0.492. The smallest absolute Gasteiger partial charge is 0.181 e. The Bertz CT molecular complexity index is 1130. The summed E-state index contributed by atoms with van der Waals surface area (Å²) in [6, 6.07) is 7.44. The number of aromatic amines is 1. The van der Waals surface area contributed by atoms with Gasteiger partial charge in [0, 0.05) is 11.8 Å². The molecule has 0 saturated carbocycles. The maximum atomic E-state index is 14.6. The van der Waals surface area contributed by atoms with Crippen LogP contribution in [0, 0.1) is 0 Å². The van der Waals surface area contributed by atoms with Crippen LogP contribution in [0.4, 0.5) is 4.39 Å². The van der Waals surface area contributed by atoms with Gasteiger partial charge in [0.1, 0.15) is 22.2 Å². The van der Waals surface area contributed by atoms with Crippen molar-refractivity contribution < 1.29 is 9.13 Å². The fraction of sp³-hybridized carbons (Fsp3) is 0.250. The van der Waals surface area contributed by atoms with Crippen LogP contribution in [-0.2, 0) is 5.66 Å². The van der Waals surface area contributed by atoms with Crippen LogP contribution in [0.2, 0.25) is 5.15 Å². The Morgan fingerprint density at radius 2 is 2.17 bits per heavy atom. The van der Waals surface area contributed by atoms with Crippen LogP contribution in [0.25, 0.3) is 11.2 Å². The van der Waals surface area contributed by atoms with Crippen molar-refractivity contribution in [3.63, 3.8) is 0 Å². The van der Waals surface area contributed by atoms with Gasteiger partial charge >= 0.3 is 0 Å². The molecule has 0 aliphatic carbocycles. The van der Waals surface area contributed by atoms with E-state index in [0.29, 0.717) is 16.7 Å². The Kier molecular flexibility index (Phi) is 4.87. The Balaban J connectivity index is 1.62. The zero-order valence-corrected chi connectivity index (χ0v) is 16.9. The molecule has 9 heteroatoms. The fourth-order valence-electron chi connectivity index (χ4n) is 3.28. The third-order valence-corrected chi connectivity index (χ3v) is 5.06. The average Bonchev–Trinajstić information content (AvgIpc) is 3.14. The summed E-state index contributed by atoms with van der Waals surface area (Å²) in [4.78, 5) is 16.0. The third kappa shape index (κ3) is 3.63. The summed E-state index contributed by atoms with van der Waals surface area (Å²) in [5, 5.41) is 6.62. The minimum absolute atomic E-state index is 0.175. The number of allylic oxidation sites excluding steroid dienone is 1. The molecule has 4 rings (SSSR count). The highest BCUT2D eigenvalue weighted by molar-refractivity contribution is 6.29. The minimum atomic E-state index is -0.955. The molecule has 3 N–H and O–H groups in total. The van der Waals surface area contributed by atoms with Gasteiger partial charge in [-0.2, -0.15) is 0 Å². The average molecular weight is 415 g/mol. The Morgan fingerprint density at radius 1 is 1.34 bits per heavy atom. The summed E-state index contributed by atoms with van der Waals surface area (Å²) in [7, 11) is 1.61. The molecule has 0 saturated heterocycles. The van der Waals surface area contributed by atoms with Gasteiger partial charge in [0.15, 0.2) is 17.1 Å². The molecule has 3 heterocycles. The molecular formula is C20H20ClFN6O. The van der Waals surface area contributed by atoms with Crippen LogP contribution >= 0.6 is 11.6 Å². The SMILES string of the molecule is COc1cccc([C@H](C)NC2=C(F)C=N[C@](C)(c3c[nH]c4ncc(Cl)nc34)N2)c1. The summed E-state index contributed by atoms with van der Waals surface area (Å²) >= 11 is 6.01. The van der Waals surface area contributed by atoms with Gasteiger partial charge in [-0.15, -0.1) is 0 Å². The van der Waals surface area contributed by atoms with Gasteiger partial charge in [0.25, 0.3) is 0 Å². The van der Waals surface area contributed by atoms with Gasteiger partial charge in [-0.3, -0.25) is 4.99 Å². The van der Waals surface area contributed by atoms with Crippen molar-refractivity contribution in [1.29, 1.82) is 0 Å². The number of halogens is 2. The van der Waals surface area contributed by atoms with Gasteiger partial charge in [-0.25, -0.2) is 14.4 Å². The first-order chi connectivity index (χ1) is 13.9. The molecule has 0 radical (unpaired) electrons. The number of nitrogens with one attached hydrogen (secondary N) is 3. The molecule has 0 bridgehead atoms. The molecule has 29 heavy (non-hydrogen) atoms. The molecule has 2 atom stereocenters. The van der Waals surface area contributed by atoms with E-state index in [2.05, 4.69) is 30.6 Å². The van der Waals surface area contributed by atoms with E-state index < -0.39 is 11.5 Å². The first-order valence-electron chi connectivity index (χ1n) is 9.03. The summed E-state index contributed by atoms with van der Waals surface area (Å²) in [5.41, 5.74) is 1.87. The second kappa shape index (κ2) is 7.36. The Morgan fingerprint density at radius 3 is 2.97 bits per heavy atom.